The number of pyridine rings is 1. The fraction of sp³-hybridized carbons (Fsp3) is 0.448. The third-order valence-corrected chi connectivity index (χ3v) is 8.72. The molecule has 1 spiro atoms. The van der Waals surface area contributed by atoms with Crippen molar-refractivity contribution < 1.29 is 9.59 Å². The zero-order valence-electron chi connectivity index (χ0n) is 22.1. The first kappa shape index (κ1) is 24.9. The summed E-state index contributed by atoms with van der Waals surface area (Å²) in [5.41, 5.74) is 5.17. The molecular weight excluding hydrogens is 500 g/mol. The molecule has 1 saturated carbocycles. The number of hydrogen-bond donors (Lipinski definition) is 1. The van der Waals surface area contributed by atoms with Crippen molar-refractivity contribution in [2.24, 2.45) is 13.0 Å². The summed E-state index contributed by atoms with van der Waals surface area (Å²) in [7, 11) is 1.91. The van der Waals surface area contributed by atoms with Gasteiger partial charge in [-0.15, -0.1) is 0 Å². The van der Waals surface area contributed by atoms with Gasteiger partial charge in [0.2, 0.25) is 5.91 Å². The van der Waals surface area contributed by atoms with E-state index in [1.807, 2.05) is 31.3 Å². The second kappa shape index (κ2) is 9.42. The van der Waals surface area contributed by atoms with Gasteiger partial charge in [-0.05, 0) is 68.7 Å². The van der Waals surface area contributed by atoms with E-state index in [0.29, 0.717) is 35.3 Å². The quantitative estimate of drug-likeness (QED) is 0.533. The van der Waals surface area contributed by atoms with Gasteiger partial charge in [0.15, 0.2) is 0 Å². The number of carbonyl (C=O) groups is 2. The van der Waals surface area contributed by atoms with Crippen molar-refractivity contribution in [2.45, 2.75) is 51.0 Å². The fourth-order valence-corrected chi connectivity index (χ4v) is 6.51. The van der Waals surface area contributed by atoms with Crippen molar-refractivity contribution in [3.05, 3.63) is 70.3 Å². The van der Waals surface area contributed by atoms with Crippen molar-refractivity contribution in [3.63, 3.8) is 0 Å². The van der Waals surface area contributed by atoms with Gasteiger partial charge < -0.3 is 15.1 Å². The number of halogens is 1. The molecule has 0 atom stereocenters. The highest BCUT2D eigenvalue weighted by Gasteiger charge is 2.58. The normalized spacial score (nSPS) is 21.9. The molecule has 9 heteroatoms. The number of aromatic nitrogens is 3. The van der Waals surface area contributed by atoms with Gasteiger partial charge in [-0.2, -0.15) is 5.10 Å². The van der Waals surface area contributed by atoms with Crippen LogP contribution in [-0.2, 0) is 17.3 Å². The molecular formula is C29H33ClN6O2. The second-order valence-corrected chi connectivity index (χ2v) is 11.7. The van der Waals surface area contributed by atoms with E-state index in [-0.39, 0.29) is 17.9 Å². The van der Waals surface area contributed by atoms with Crippen molar-refractivity contribution in [2.75, 3.05) is 29.4 Å². The molecule has 198 valence electrons. The lowest BCUT2D eigenvalue weighted by Crippen LogP contribution is -2.64. The van der Waals surface area contributed by atoms with Crippen LogP contribution >= 0.6 is 11.6 Å². The molecule has 1 aromatic carbocycles. The predicted octanol–water partition coefficient (Wildman–Crippen LogP) is 4.18. The van der Waals surface area contributed by atoms with Crippen LogP contribution in [0.3, 0.4) is 0 Å². The van der Waals surface area contributed by atoms with Crippen LogP contribution in [-0.4, -0.2) is 52.3 Å². The second-order valence-electron chi connectivity index (χ2n) is 11.2. The van der Waals surface area contributed by atoms with Gasteiger partial charge in [0.05, 0.1) is 28.2 Å². The largest absolute Gasteiger partial charge is 0.366 e. The first-order chi connectivity index (χ1) is 18.2. The van der Waals surface area contributed by atoms with Crippen molar-refractivity contribution >= 4 is 34.8 Å². The van der Waals surface area contributed by atoms with E-state index in [1.165, 1.54) is 5.56 Å². The van der Waals surface area contributed by atoms with Crippen LogP contribution in [0.15, 0.2) is 42.9 Å². The summed E-state index contributed by atoms with van der Waals surface area (Å²) < 4.78 is 1.80. The average Bonchev–Trinajstić information content (AvgIpc) is 3.39. The number of anilines is 2. The van der Waals surface area contributed by atoms with Gasteiger partial charge in [-0.1, -0.05) is 23.7 Å². The number of amides is 2. The Morgan fingerprint density at radius 3 is 2.61 bits per heavy atom. The zero-order chi connectivity index (χ0) is 26.6. The van der Waals surface area contributed by atoms with Crippen LogP contribution in [0.4, 0.5) is 11.4 Å². The minimum absolute atomic E-state index is 0.118. The average molecular weight is 533 g/mol. The van der Waals surface area contributed by atoms with Crippen LogP contribution in [0.1, 0.15) is 52.9 Å². The summed E-state index contributed by atoms with van der Waals surface area (Å²) in [4.78, 5) is 35.3. The zero-order valence-corrected chi connectivity index (χ0v) is 22.8. The molecule has 2 fully saturated rings. The molecule has 1 N–H and O–H groups in total. The van der Waals surface area contributed by atoms with Gasteiger partial charge in [0.1, 0.15) is 5.41 Å². The van der Waals surface area contributed by atoms with Crippen molar-refractivity contribution in [1.29, 1.82) is 0 Å². The molecule has 3 aliphatic rings. The summed E-state index contributed by atoms with van der Waals surface area (Å²) in [5.74, 6) is 0.502. The first-order valence-corrected chi connectivity index (χ1v) is 13.7. The van der Waals surface area contributed by atoms with E-state index in [1.54, 1.807) is 16.9 Å². The van der Waals surface area contributed by atoms with Crippen molar-refractivity contribution in [1.82, 2.24) is 20.1 Å². The highest BCUT2D eigenvalue weighted by molar-refractivity contribution is 6.30. The maximum atomic E-state index is 14.0. The molecule has 8 nitrogen and oxygen atoms in total. The number of nitrogens with zero attached hydrogens (tertiary/aromatic N) is 5. The number of aryl methyl sites for hydroxylation is 3. The van der Waals surface area contributed by atoms with Crippen LogP contribution in [0.2, 0.25) is 5.02 Å². The predicted molar refractivity (Wildman–Crippen MR) is 148 cm³/mol. The minimum Gasteiger partial charge on any atom is -0.366 e. The van der Waals surface area contributed by atoms with Gasteiger partial charge in [0, 0.05) is 50.8 Å². The molecule has 2 amide bonds. The molecule has 1 saturated heterocycles. The third-order valence-electron chi connectivity index (χ3n) is 8.51. The van der Waals surface area contributed by atoms with Gasteiger partial charge in [-0.3, -0.25) is 19.3 Å². The van der Waals surface area contributed by atoms with E-state index >= 15 is 0 Å². The summed E-state index contributed by atoms with van der Waals surface area (Å²) in [6.45, 7) is 5.99. The number of carbonyl (C=O) groups excluding carboxylic acids is 2. The number of rotatable bonds is 5. The lowest BCUT2D eigenvalue weighted by atomic mass is 9.74. The van der Waals surface area contributed by atoms with E-state index < -0.39 is 5.41 Å². The summed E-state index contributed by atoms with van der Waals surface area (Å²) in [6.07, 6.45) is 9.15. The lowest BCUT2D eigenvalue weighted by molar-refractivity contribution is -0.124. The summed E-state index contributed by atoms with van der Waals surface area (Å²) >= 11 is 6.05. The Bertz CT molecular complexity index is 1400. The van der Waals surface area contributed by atoms with E-state index in [9.17, 15) is 9.59 Å². The van der Waals surface area contributed by atoms with E-state index in [0.717, 1.165) is 49.2 Å². The van der Waals surface area contributed by atoms with Gasteiger partial charge >= 0.3 is 0 Å². The number of nitrogens with one attached hydrogen (secondary N) is 1. The van der Waals surface area contributed by atoms with Gasteiger partial charge in [0.25, 0.3) is 5.91 Å². The van der Waals surface area contributed by atoms with E-state index in [2.05, 4.69) is 45.4 Å². The van der Waals surface area contributed by atoms with Gasteiger partial charge in [-0.25, -0.2) is 0 Å². The van der Waals surface area contributed by atoms with Crippen LogP contribution in [0.25, 0.3) is 0 Å². The van der Waals surface area contributed by atoms with Crippen LogP contribution < -0.4 is 15.1 Å². The minimum atomic E-state index is -0.479. The molecule has 0 radical (unpaired) electrons. The molecule has 2 aliphatic heterocycles. The van der Waals surface area contributed by atoms with Crippen molar-refractivity contribution in [3.8, 4) is 0 Å². The molecule has 2 aromatic heterocycles. The lowest BCUT2D eigenvalue weighted by Gasteiger charge is -2.47. The topological polar surface area (TPSA) is 83.4 Å². The molecule has 38 heavy (non-hydrogen) atoms. The molecule has 0 unspecified atom stereocenters. The number of benzene rings is 1. The Morgan fingerprint density at radius 1 is 1.13 bits per heavy atom. The molecule has 0 bridgehead atoms. The SMILES string of the molecule is Cc1ccc2c(c1)N(C[C@H]1CC[C@H](NC(=O)c3cc(Cl)cnc3C)CC1)C(=O)C21CN(c2cnn(C)c2)C1. The smallest absolute Gasteiger partial charge is 0.253 e. The monoisotopic (exact) mass is 532 g/mol. The first-order valence-electron chi connectivity index (χ1n) is 13.3. The summed E-state index contributed by atoms with van der Waals surface area (Å²) in [6, 6.07) is 8.24. The van der Waals surface area contributed by atoms with E-state index in [4.69, 9.17) is 11.6 Å². The Labute approximate surface area is 228 Å². The molecule has 4 heterocycles. The number of hydrogen-bond acceptors (Lipinski definition) is 5. The van der Waals surface area contributed by atoms with Crippen LogP contribution in [0, 0.1) is 19.8 Å². The summed E-state index contributed by atoms with van der Waals surface area (Å²) in [5, 5.41) is 7.93. The van der Waals surface area contributed by atoms with Crippen LogP contribution in [0.5, 0.6) is 0 Å². The Kier molecular flexibility index (Phi) is 6.17. The molecule has 6 rings (SSSR count). The molecule has 3 aromatic rings. The third kappa shape index (κ3) is 4.25. The standard InChI is InChI=1S/C29H33ClN6O2/c1-18-4-9-25-26(10-18)36(28(38)29(25)16-35(17-29)23-13-32-34(3)15-23)14-20-5-7-22(8-6-20)33-27(37)24-11-21(30)12-31-19(24)2/h4,9-13,15,20,22H,5-8,14,16-17H2,1-3H3,(H,33,37)/t20-,22-. The maximum absolute atomic E-state index is 14.0. The Morgan fingerprint density at radius 2 is 1.89 bits per heavy atom. The fourth-order valence-electron chi connectivity index (χ4n) is 6.35. The highest BCUT2D eigenvalue weighted by atomic mass is 35.5. The maximum Gasteiger partial charge on any atom is 0.253 e. The number of fused-ring (bicyclic) bond motifs is 2. The highest BCUT2D eigenvalue weighted by Crippen LogP contribution is 2.49. The Balaban J connectivity index is 1.12. The Hall–Kier alpha value is -3.39. The molecule has 1 aliphatic carbocycles.